The number of hydrogen-bond acceptors (Lipinski definition) is 2. The second-order valence-electron chi connectivity index (χ2n) is 4.60. The summed E-state index contributed by atoms with van der Waals surface area (Å²) in [5.41, 5.74) is 1.73. The normalized spacial score (nSPS) is 22.4. The van der Waals surface area contributed by atoms with Gasteiger partial charge in [-0.05, 0) is 37.9 Å². The molecule has 3 heteroatoms. The van der Waals surface area contributed by atoms with E-state index in [1.165, 1.54) is 6.07 Å². The molecule has 1 aliphatic rings. The van der Waals surface area contributed by atoms with E-state index in [-0.39, 0.29) is 18.0 Å². The largest absolute Gasteiger partial charge is 0.488 e. The van der Waals surface area contributed by atoms with Crippen molar-refractivity contribution >= 4 is 0 Å². The molecule has 2 rings (SSSR count). The molecule has 0 spiro atoms. The van der Waals surface area contributed by atoms with E-state index in [0.717, 1.165) is 30.7 Å². The van der Waals surface area contributed by atoms with Gasteiger partial charge in [0, 0.05) is 0 Å². The second-order valence-corrected chi connectivity index (χ2v) is 4.60. The minimum Gasteiger partial charge on any atom is -0.488 e. The first-order valence-corrected chi connectivity index (χ1v) is 6.38. The third-order valence-electron chi connectivity index (χ3n) is 3.31. The number of halogens is 1. The highest BCUT2D eigenvalue weighted by atomic mass is 19.1. The molecule has 2 nitrogen and oxygen atoms in total. The molecule has 0 saturated carbocycles. The number of aryl methyl sites for hydroxylation is 1. The van der Waals surface area contributed by atoms with E-state index >= 15 is 0 Å². The predicted octanol–water partition coefficient (Wildman–Crippen LogP) is 3.35. The fourth-order valence-electron chi connectivity index (χ4n) is 2.39. The van der Waals surface area contributed by atoms with Crippen molar-refractivity contribution in [3.63, 3.8) is 0 Å². The summed E-state index contributed by atoms with van der Waals surface area (Å²) in [7, 11) is 0. The minimum absolute atomic E-state index is 0.00477. The molecule has 1 aromatic carbocycles. The van der Waals surface area contributed by atoms with Crippen LogP contribution in [-0.4, -0.2) is 12.6 Å². The fourth-order valence-corrected chi connectivity index (χ4v) is 2.39. The van der Waals surface area contributed by atoms with Gasteiger partial charge in [0.15, 0.2) is 0 Å². The highest BCUT2D eigenvalue weighted by Crippen LogP contribution is 2.41. The molecule has 17 heavy (non-hydrogen) atoms. The van der Waals surface area contributed by atoms with Gasteiger partial charge in [-0.2, -0.15) is 0 Å². The Balaban J connectivity index is 2.36. The van der Waals surface area contributed by atoms with E-state index in [1.54, 1.807) is 6.07 Å². The molecule has 1 heterocycles. The average molecular weight is 237 g/mol. The van der Waals surface area contributed by atoms with Gasteiger partial charge in [0.1, 0.15) is 17.7 Å². The molecule has 1 aromatic rings. The van der Waals surface area contributed by atoms with Gasteiger partial charge < -0.3 is 10.1 Å². The van der Waals surface area contributed by atoms with Crippen LogP contribution < -0.4 is 10.1 Å². The SMILES string of the molecule is CCCNC1c2c(F)ccc(C)c2OC1CC. The lowest BCUT2D eigenvalue weighted by atomic mass is 9.99. The van der Waals surface area contributed by atoms with Gasteiger partial charge in [-0.25, -0.2) is 4.39 Å². The first kappa shape index (κ1) is 12.4. The second kappa shape index (κ2) is 5.05. The molecule has 2 unspecified atom stereocenters. The van der Waals surface area contributed by atoms with Gasteiger partial charge >= 0.3 is 0 Å². The maximum atomic E-state index is 13.9. The van der Waals surface area contributed by atoms with Crippen molar-refractivity contribution in [3.05, 3.63) is 29.1 Å². The molecule has 0 aliphatic carbocycles. The quantitative estimate of drug-likeness (QED) is 0.867. The molecule has 0 fully saturated rings. The standard InChI is InChI=1S/C14H20FNO/c1-4-8-16-13-11(5-2)17-14-9(3)6-7-10(15)12(13)14/h6-7,11,13,16H,4-5,8H2,1-3H3. The van der Waals surface area contributed by atoms with Crippen LogP contribution in [0.25, 0.3) is 0 Å². The number of rotatable bonds is 4. The Labute approximate surface area is 102 Å². The summed E-state index contributed by atoms with van der Waals surface area (Å²) in [5, 5.41) is 3.39. The summed E-state index contributed by atoms with van der Waals surface area (Å²) < 4.78 is 19.8. The molecule has 0 amide bonds. The molecule has 0 aromatic heterocycles. The lowest BCUT2D eigenvalue weighted by Gasteiger charge is -2.18. The molecule has 0 bridgehead atoms. The first-order valence-electron chi connectivity index (χ1n) is 6.38. The number of benzene rings is 1. The van der Waals surface area contributed by atoms with E-state index in [4.69, 9.17) is 4.74 Å². The highest BCUT2D eigenvalue weighted by Gasteiger charge is 2.36. The third-order valence-corrected chi connectivity index (χ3v) is 3.31. The summed E-state index contributed by atoms with van der Waals surface area (Å²) >= 11 is 0. The lowest BCUT2D eigenvalue weighted by molar-refractivity contribution is 0.184. The average Bonchev–Trinajstić information content (AvgIpc) is 2.71. The van der Waals surface area contributed by atoms with Gasteiger partial charge in [-0.3, -0.25) is 0 Å². The van der Waals surface area contributed by atoms with Crippen LogP contribution in [0.15, 0.2) is 12.1 Å². The van der Waals surface area contributed by atoms with Crippen molar-refractivity contribution < 1.29 is 9.13 Å². The smallest absolute Gasteiger partial charge is 0.131 e. The monoisotopic (exact) mass is 237 g/mol. The van der Waals surface area contributed by atoms with Gasteiger partial charge in [0.2, 0.25) is 0 Å². The molecule has 0 saturated heterocycles. The molecule has 94 valence electrons. The van der Waals surface area contributed by atoms with Crippen molar-refractivity contribution in [1.82, 2.24) is 5.32 Å². The molecule has 1 N–H and O–H groups in total. The van der Waals surface area contributed by atoms with Crippen LogP contribution in [0.2, 0.25) is 0 Å². The van der Waals surface area contributed by atoms with Crippen molar-refractivity contribution in [2.75, 3.05) is 6.54 Å². The lowest BCUT2D eigenvalue weighted by Crippen LogP contribution is -2.31. The topological polar surface area (TPSA) is 21.3 Å². The summed E-state index contributed by atoms with van der Waals surface area (Å²) in [6.45, 7) is 7.03. The van der Waals surface area contributed by atoms with Crippen LogP contribution in [0.4, 0.5) is 4.39 Å². The molecular formula is C14H20FNO. The van der Waals surface area contributed by atoms with Crippen LogP contribution in [0, 0.1) is 12.7 Å². The minimum atomic E-state index is -0.157. The number of nitrogens with one attached hydrogen (secondary N) is 1. The summed E-state index contributed by atoms with van der Waals surface area (Å²) in [5.74, 6) is 0.584. The van der Waals surface area contributed by atoms with Gasteiger partial charge in [0.25, 0.3) is 0 Å². The van der Waals surface area contributed by atoms with Crippen LogP contribution in [0.1, 0.15) is 43.9 Å². The Morgan fingerprint density at radius 2 is 2.12 bits per heavy atom. The number of ether oxygens (including phenoxy) is 1. The predicted molar refractivity (Wildman–Crippen MR) is 66.9 cm³/mol. The maximum absolute atomic E-state index is 13.9. The molecule has 1 aliphatic heterocycles. The van der Waals surface area contributed by atoms with E-state index in [1.807, 2.05) is 6.92 Å². The van der Waals surface area contributed by atoms with Gasteiger partial charge in [-0.15, -0.1) is 0 Å². The van der Waals surface area contributed by atoms with Gasteiger partial charge in [0.05, 0.1) is 11.6 Å². The fraction of sp³-hybridized carbons (Fsp3) is 0.571. The van der Waals surface area contributed by atoms with Crippen molar-refractivity contribution in [2.24, 2.45) is 0 Å². The van der Waals surface area contributed by atoms with E-state index in [0.29, 0.717) is 5.56 Å². The van der Waals surface area contributed by atoms with Crippen molar-refractivity contribution in [1.29, 1.82) is 0 Å². The molecular weight excluding hydrogens is 217 g/mol. The van der Waals surface area contributed by atoms with Crippen LogP contribution in [0.3, 0.4) is 0 Å². The van der Waals surface area contributed by atoms with E-state index in [9.17, 15) is 4.39 Å². The third kappa shape index (κ3) is 2.16. The van der Waals surface area contributed by atoms with E-state index < -0.39 is 0 Å². The summed E-state index contributed by atoms with van der Waals surface area (Å²) in [4.78, 5) is 0. The summed E-state index contributed by atoms with van der Waals surface area (Å²) in [6, 6.07) is 3.31. The van der Waals surface area contributed by atoms with Crippen molar-refractivity contribution in [2.45, 2.75) is 45.8 Å². The van der Waals surface area contributed by atoms with Crippen LogP contribution in [-0.2, 0) is 0 Å². The first-order chi connectivity index (χ1) is 8.19. The Morgan fingerprint density at radius 3 is 2.76 bits per heavy atom. The Hall–Kier alpha value is -1.09. The zero-order valence-electron chi connectivity index (χ0n) is 10.7. The zero-order valence-corrected chi connectivity index (χ0v) is 10.7. The Morgan fingerprint density at radius 1 is 1.35 bits per heavy atom. The summed E-state index contributed by atoms with van der Waals surface area (Å²) in [6.07, 6.45) is 1.97. The van der Waals surface area contributed by atoms with E-state index in [2.05, 4.69) is 19.2 Å². The highest BCUT2D eigenvalue weighted by molar-refractivity contribution is 5.47. The Bertz CT molecular complexity index is 405. The van der Waals surface area contributed by atoms with Crippen molar-refractivity contribution in [3.8, 4) is 5.75 Å². The maximum Gasteiger partial charge on any atom is 0.131 e. The van der Waals surface area contributed by atoms with Gasteiger partial charge in [-0.1, -0.05) is 19.9 Å². The number of hydrogen-bond donors (Lipinski definition) is 1. The zero-order chi connectivity index (χ0) is 12.4. The Kier molecular flexibility index (Phi) is 3.67. The molecule has 0 radical (unpaired) electrons. The van der Waals surface area contributed by atoms with Crippen LogP contribution >= 0.6 is 0 Å². The molecule has 2 atom stereocenters. The number of fused-ring (bicyclic) bond motifs is 1. The van der Waals surface area contributed by atoms with Crippen LogP contribution in [0.5, 0.6) is 5.75 Å².